The number of ether oxygens (including phenoxy) is 2. The number of hydrogen-bond acceptors (Lipinski definition) is 5. The van der Waals surface area contributed by atoms with Crippen molar-refractivity contribution in [1.82, 2.24) is 0 Å². The Hall–Kier alpha value is -0.112. The smallest absolute Gasteiger partial charge is 0.418 e. The van der Waals surface area contributed by atoms with Crippen molar-refractivity contribution >= 4 is 38.1 Å². The largest absolute Gasteiger partial charge is 0.469 e. The summed E-state index contributed by atoms with van der Waals surface area (Å²) in [5.74, 6) is 0. The monoisotopic (exact) mass is 404 g/mol. The summed E-state index contributed by atoms with van der Waals surface area (Å²) >= 11 is 0. The first kappa shape index (κ1) is 21.9. The Labute approximate surface area is 154 Å². The molecule has 0 aromatic carbocycles. The minimum Gasteiger partial charge on any atom is -0.418 e. The van der Waals surface area contributed by atoms with Crippen molar-refractivity contribution in [3.05, 3.63) is 35.3 Å². The predicted octanol–water partition coefficient (Wildman–Crippen LogP) is 0.633. The van der Waals surface area contributed by atoms with Gasteiger partial charge in [-0.05, 0) is 27.2 Å². The van der Waals surface area contributed by atoms with Gasteiger partial charge in [0.15, 0.2) is 29.3 Å². The molecule has 24 heavy (non-hydrogen) atoms. The van der Waals surface area contributed by atoms with Crippen LogP contribution in [0.2, 0.25) is 6.04 Å². The van der Waals surface area contributed by atoms with Gasteiger partial charge in [0.2, 0.25) is 0 Å². The van der Waals surface area contributed by atoms with E-state index in [0.29, 0.717) is 19.3 Å². The second-order valence-corrected chi connectivity index (χ2v) is 16.4. The van der Waals surface area contributed by atoms with E-state index < -0.39 is 38.1 Å². The molecular weight excluding hydrogens is 373 g/mol. The van der Waals surface area contributed by atoms with E-state index in [2.05, 4.69) is 19.7 Å². The Morgan fingerprint density at radius 2 is 1.46 bits per heavy atom. The van der Waals surface area contributed by atoms with Crippen LogP contribution in [-0.2, 0) is 21.8 Å². The summed E-state index contributed by atoms with van der Waals surface area (Å²) in [5.41, 5.74) is 0. The highest BCUT2D eigenvalue weighted by atomic mass is 28.5. The Balaban J connectivity index is 2.58. The lowest BCUT2D eigenvalue weighted by molar-refractivity contribution is 0.114. The first-order chi connectivity index (χ1) is 11.3. The van der Waals surface area contributed by atoms with Gasteiger partial charge in [0.05, 0.1) is 13.2 Å². The van der Waals surface area contributed by atoms with Crippen LogP contribution >= 0.6 is 0 Å². The van der Waals surface area contributed by atoms with Crippen molar-refractivity contribution in [2.75, 3.05) is 19.8 Å². The second kappa shape index (κ2) is 11.5. The molecule has 1 heterocycles. The molecule has 0 spiro atoms. The summed E-state index contributed by atoms with van der Waals surface area (Å²) in [7, 11) is -5.20. The molecule has 0 N–H and O–H groups in total. The molecule has 1 aliphatic rings. The molecule has 138 valence electrons. The van der Waals surface area contributed by atoms with Gasteiger partial charge in [0.1, 0.15) is 6.10 Å². The zero-order valence-corrected chi connectivity index (χ0v) is 20.6. The van der Waals surface area contributed by atoms with E-state index in [4.69, 9.17) is 21.8 Å². The molecule has 0 radical (unpaired) electrons. The van der Waals surface area contributed by atoms with Gasteiger partial charge in [-0.3, -0.25) is 0 Å². The van der Waals surface area contributed by atoms with Crippen molar-refractivity contribution in [3.8, 4) is 0 Å². The van der Waals surface area contributed by atoms with E-state index in [0.717, 1.165) is 34.7 Å². The van der Waals surface area contributed by atoms with Gasteiger partial charge < -0.3 is 21.8 Å². The molecule has 0 aromatic rings. The molecule has 0 aliphatic carbocycles. The lowest BCUT2D eigenvalue weighted by Crippen LogP contribution is -2.49. The molecule has 0 aromatic heterocycles. The van der Waals surface area contributed by atoms with Crippen molar-refractivity contribution in [1.29, 1.82) is 0 Å². The molecule has 5 nitrogen and oxygen atoms in total. The maximum atomic E-state index is 6.27. The highest BCUT2D eigenvalue weighted by Gasteiger charge is 2.39. The summed E-state index contributed by atoms with van der Waals surface area (Å²) < 4.78 is 29.6. The number of rotatable bonds is 15. The van der Waals surface area contributed by atoms with E-state index in [9.17, 15) is 0 Å². The third-order valence-electron chi connectivity index (χ3n) is 3.09. The fraction of sp³-hybridized carbons (Fsp3) is 0.600. The molecular formula is C15H32O5Si4. The van der Waals surface area contributed by atoms with Crippen molar-refractivity contribution in [2.45, 2.75) is 39.3 Å². The van der Waals surface area contributed by atoms with Crippen molar-refractivity contribution in [3.63, 3.8) is 0 Å². The first-order valence-corrected chi connectivity index (χ1v) is 14.2. The van der Waals surface area contributed by atoms with Crippen LogP contribution in [0, 0.1) is 0 Å². The summed E-state index contributed by atoms with van der Waals surface area (Å²) in [6.45, 7) is 20.2. The second-order valence-electron chi connectivity index (χ2n) is 6.55. The van der Waals surface area contributed by atoms with Crippen LogP contribution in [-0.4, -0.2) is 64.0 Å². The van der Waals surface area contributed by atoms with Gasteiger partial charge >= 0.3 is 8.80 Å². The molecule has 0 saturated carbocycles. The molecule has 9 heteroatoms. The zero-order valence-electron chi connectivity index (χ0n) is 15.4. The van der Waals surface area contributed by atoms with Gasteiger partial charge in [0.25, 0.3) is 0 Å². The standard InChI is InChI=1S/C15H32O5Si4/c1-12(2)21-18-24(19-22-13(3)4,20-23-14(5)6)9-7-8-16-10-15-11-17-15/h15H,1,3,5,7-11,21-23H2,2,4,6H3. The van der Waals surface area contributed by atoms with Gasteiger partial charge in [0, 0.05) is 12.7 Å². The van der Waals surface area contributed by atoms with E-state index in [1.807, 2.05) is 20.8 Å². The first-order valence-electron chi connectivity index (χ1n) is 8.37. The molecule has 0 bridgehead atoms. The molecule has 1 saturated heterocycles. The fourth-order valence-corrected chi connectivity index (χ4v) is 13.0. The number of epoxide rings is 1. The average Bonchev–Trinajstić information content (AvgIpc) is 3.32. The van der Waals surface area contributed by atoms with Gasteiger partial charge in [-0.25, -0.2) is 0 Å². The van der Waals surface area contributed by atoms with E-state index in [1.54, 1.807) is 0 Å². The van der Waals surface area contributed by atoms with Crippen molar-refractivity contribution in [2.24, 2.45) is 0 Å². The van der Waals surface area contributed by atoms with Gasteiger partial charge in [-0.1, -0.05) is 15.6 Å². The van der Waals surface area contributed by atoms with Crippen LogP contribution < -0.4 is 0 Å². The highest BCUT2D eigenvalue weighted by Crippen LogP contribution is 2.19. The summed E-state index contributed by atoms with van der Waals surface area (Å²) in [4.78, 5) is 0. The maximum absolute atomic E-state index is 6.27. The Kier molecular flexibility index (Phi) is 10.5. The third-order valence-corrected chi connectivity index (χ3v) is 12.5. The molecule has 1 unspecified atom stereocenters. The minimum absolute atomic E-state index is 0.304. The third kappa shape index (κ3) is 10.7. The van der Waals surface area contributed by atoms with Crippen LogP contribution in [0.4, 0.5) is 0 Å². The summed E-state index contributed by atoms with van der Waals surface area (Å²) in [5, 5.41) is 3.32. The molecule has 1 fully saturated rings. The lowest BCUT2D eigenvalue weighted by atomic mass is 10.5. The molecule has 1 aliphatic heterocycles. The topological polar surface area (TPSA) is 49.5 Å². The lowest BCUT2D eigenvalue weighted by Gasteiger charge is -2.31. The molecule has 1 rings (SSSR count). The van der Waals surface area contributed by atoms with Crippen molar-refractivity contribution < 1.29 is 21.8 Å². The van der Waals surface area contributed by atoms with Crippen LogP contribution in [0.3, 0.4) is 0 Å². The summed E-state index contributed by atoms with van der Waals surface area (Å²) in [6.07, 6.45) is 1.18. The maximum Gasteiger partial charge on any atom is 0.469 e. The van der Waals surface area contributed by atoms with Crippen LogP contribution in [0.25, 0.3) is 0 Å². The number of allylic oxidation sites excluding steroid dienone is 3. The van der Waals surface area contributed by atoms with Crippen LogP contribution in [0.15, 0.2) is 35.3 Å². The quantitative estimate of drug-likeness (QED) is 0.228. The Bertz CT molecular complexity index is 394. The van der Waals surface area contributed by atoms with Crippen LogP contribution in [0.1, 0.15) is 27.2 Å². The Morgan fingerprint density at radius 3 is 1.83 bits per heavy atom. The minimum atomic E-state index is -2.65. The highest BCUT2D eigenvalue weighted by molar-refractivity contribution is 6.75. The zero-order chi connectivity index (χ0) is 18.0. The SMILES string of the molecule is C=C(C)[SiH2]O[Si](CCCOCC1CO1)(O[SiH2]C(=C)C)O[SiH2]C(=C)C. The fourth-order valence-electron chi connectivity index (χ4n) is 1.81. The predicted molar refractivity (Wildman–Crippen MR) is 109 cm³/mol. The Morgan fingerprint density at radius 1 is 1.00 bits per heavy atom. The van der Waals surface area contributed by atoms with Crippen LogP contribution in [0.5, 0.6) is 0 Å². The van der Waals surface area contributed by atoms with Gasteiger partial charge in [-0.15, -0.1) is 19.7 Å². The van der Waals surface area contributed by atoms with E-state index in [1.165, 1.54) is 0 Å². The normalized spacial score (nSPS) is 20.4. The number of hydrogen-bond donors (Lipinski definition) is 0. The molecule has 1 atom stereocenters. The molecule has 0 amide bonds. The average molecular weight is 405 g/mol. The van der Waals surface area contributed by atoms with Gasteiger partial charge in [-0.2, -0.15) is 0 Å². The van der Waals surface area contributed by atoms with E-state index >= 15 is 0 Å². The van der Waals surface area contributed by atoms with E-state index in [-0.39, 0.29) is 0 Å². The summed E-state index contributed by atoms with van der Waals surface area (Å²) in [6, 6.07) is 0.791.